The van der Waals surface area contributed by atoms with Crippen molar-refractivity contribution in [2.45, 2.75) is 20.0 Å². The number of hydrazone groups is 1. The minimum Gasteiger partial charge on any atom is -0.318 e. The number of aromatic nitrogens is 1. The molecule has 0 fully saturated rings. The number of aliphatic imine (C=N–C) groups is 1. The fourth-order valence-corrected chi connectivity index (χ4v) is 4.67. The molecule has 2 aliphatic heterocycles. The van der Waals surface area contributed by atoms with Gasteiger partial charge in [-0.3, -0.25) is 10.2 Å². The molecule has 0 saturated carbocycles. The fraction of sp³-hybridized carbons (Fsp3) is 0.130. The Bertz CT molecular complexity index is 1450. The second kappa shape index (κ2) is 7.45. The van der Waals surface area contributed by atoms with Crippen LogP contribution in [-0.4, -0.2) is 37.7 Å². The number of nitrogens with one attached hydrogen (secondary N) is 1. The van der Waals surface area contributed by atoms with Crippen molar-refractivity contribution in [3.8, 4) is 5.69 Å². The highest BCUT2D eigenvalue weighted by Gasteiger charge is 2.46. The van der Waals surface area contributed by atoms with Crippen LogP contribution in [0.25, 0.3) is 22.5 Å². The number of benzene rings is 2. The molecule has 3 aromatic rings. The molecule has 0 aliphatic carbocycles. The molecule has 0 unspecified atom stereocenters. The molecule has 10 heteroatoms. The quantitative estimate of drug-likeness (QED) is 0.511. The van der Waals surface area contributed by atoms with E-state index in [-0.39, 0.29) is 22.5 Å². The van der Waals surface area contributed by atoms with Crippen molar-refractivity contribution in [3.05, 3.63) is 71.1 Å². The van der Waals surface area contributed by atoms with Crippen LogP contribution in [0, 0.1) is 19.3 Å². The summed E-state index contributed by atoms with van der Waals surface area (Å²) in [4.78, 5) is 16.3. The second-order valence-electron chi connectivity index (χ2n) is 7.62. The number of hydrogen-bond acceptors (Lipinski definition) is 4. The van der Waals surface area contributed by atoms with Crippen molar-refractivity contribution in [3.63, 3.8) is 0 Å². The molecule has 1 aromatic heterocycles. The Morgan fingerprint density at radius 2 is 1.79 bits per heavy atom. The average Bonchev–Trinajstić information content (AvgIpc) is 3.31. The third-order valence-electron chi connectivity index (χ3n) is 5.46. The van der Waals surface area contributed by atoms with E-state index in [1.165, 1.54) is 6.08 Å². The summed E-state index contributed by atoms with van der Waals surface area (Å²) in [6.45, 7) is 3.80. The zero-order valence-electron chi connectivity index (χ0n) is 17.4. The number of amidine groups is 2. The minimum atomic E-state index is -4.68. The standard InChI is InChI=1S/C23H16F3N5OS/c1-12-9-16(13(2)30(12)17-8-7-14-5-3-4-6-15(14)10-17)11-18-19(27)31-22(28-20(18)32)33-21(29-31)23(24,25)26/h3-11,27H,1-2H3. The van der Waals surface area contributed by atoms with Gasteiger partial charge in [-0.15, -0.1) is 0 Å². The highest BCUT2D eigenvalue weighted by atomic mass is 32.2. The van der Waals surface area contributed by atoms with Crippen LogP contribution in [0.5, 0.6) is 0 Å². The molecule has 0 spiro atoms. The monoisotopic (exact) mass is 467 g/mol. The summed E-state index contributed by atoms with van der Waals surface area (Å²) in [5.74, 6) is -1.21. The van der Waals surface area contributed by atoms with Gasteiger partial charge < -0.3 is 4.57 Å². The van der Waals surface area contributed by atoms with E-state index in [0.29, 0.717) is 5.56 Å². The van der Waals surface area contributed by atoms with Crippen LogP contribution in [-0.2, 0) is 4.79 Å². The number of carbonyl (C=O) groups excluding carboxylic acids is 1. The summed E-state index contributed by atoms with van der Waals surface area (Å²) in [5, 5.41) is 13.3. The van der Waals surface area contributed by atoms with Gasteiger partial charge in [-0.1, -0.05) is 30.3 Å². The van der Waals surface area contributed by atoms with E-state index in [4.69, 9.17) is 5.41 Å². The molecule has 6 nitrogen and oxygen atoms in total. The molecule has 166 valence electrons. The van der Waals surface area contributed by atoms with E-state index >= 15 is 0 Å². The van der Waals surface area contributed by atoms with Crippen LogP contribution in [0.15, 0.2) is 64.2 Å². The number of amides is 1. The van der Waals surface area contributed by atoms with Crippen LogP contribution < -0.4 is 0 Å². The third-order valence-corrected chi connectivity index (χ3v) is 6.41. The Labute approximate surface area is 190 Å². The summed E-state index contributed by atoms with van der Waals surface area (Å²) in [5.41, 5.74) is 3.21. The number of nitrogens with zero attached hydrogens (tertiary/aromatic N) is 4. The zero-order chi connectivity index (χ0) is 23.5. The van der Waals surface area contributed by atoms with Crippen LogP contribution in [0.3, 0.4) is 0 Å². The molecular weight excluding hydrogens is 451 g/mol. The van der Waals surface area contributed by atoms with Gasteiger partial charge in [0.15, 0.2) is 5.84 Å². The first kappa shape index (κ1) is 21.2. The van der Waals surface area contributed by atoms with Crippen molar-refractivity contribution in [2.75, 3.05) is 0 Å². The van der Waals surface area contributed by atoms with Crippen LogP contribution in [0.2, 0.25) is 0 Å². The van der Waals surface area contributed by atoms with Crippen molar-refractivity contribution in [2.24, 2.45) is 10.1 Å². The number of alkyl halides is 3. The molecule has 0 atom stereocenters. The van der Waals surface area contributed by atoms with Gasteiger partial charge in [-0.2, -0.15) is 28.3 Å². The molecule has 3 heterocycles. The van der Waals surface area contributed by atoms with Gasteiger partial charge in [0, 0.05) is 17.1 Å². The number of carbonyl (C=O) groups is 1. The van der Waals surface area contributed by atoms with E-state index in [1.807, 2.05) is 60.9 Å². The third kappa shape index (κ3) is 3.56. The highest BCUT2D eigenvalue weighted by molar-refractivity contribution is 8.27. The smallest absolute Gasteiger partial charge is 0.318 e. The molecule has 1 amide bonds. The van der Waals surface area contributed by atoms with Crippen LogP contribution in [0.4, 0.5) is 13.2 Å². The Balaban J connectivity index is 1.55. The molecule has 0 bridgehead atoms. The van der Waals surface area contributed by atoms with Crippen molar-refractivity contribution in [1.82, 2.24) is 9.58 Å². The topological polar surface area (TPSA) is 73.8 Å². The van der Waals surface area contributed by atoms with Crippen LogP contribution >= 0.6 is 11.8 Å². The normalized spacial score (nSPS) is 17.6. The van der Waals surface area contributed by atoms with Gasteiger partial charge in [0.1, 0.15) is 0 Å². The molecular formula is C23H16F3N5OS. The number of rotatable bonds is 2. The number of halogens is 3. The van der Waals surface area contributed by atoms with Crippen LogP contribution in [0.1, 0.15) is 17.0 Å². The van der Waals surface area contributed by atoms with E-state index in [2.05, 4.69) is 16.2 Å². The zero-order valence-corrected chi connectivity index (χ0v) is 18.3. The molecule has 0 saturated heterocycles. The summed E-state index contributed by atoms with van der Waals surface area (Å²) in [7, 11) is 0. The lowest BCUT2D eigenvalue weighted by molar-refractivity contribution is -0.114. The molecule has 2 aliphatic rings. The highest BCUT2D eigenvalue weighted by Crippen LogP contribution is 2.35. The summed E-state index contributed by atoms with van der Waals surface area (Å²) in [6, 6.07) is 15.9. The summed E-state index contributed by atoms with van der Waals surface area (Å²) < 4.78 is 41.1. The molecule has 2 aromatic carbocycles. The second-order valence-corrected chi connectivity index (χ2v) is 8.57. The van der Waals surface area contributed by atoms with Gasteiger partial charge in [0.25, 0.3) is 5.91 Å². The number of fused-ring (bicyclic) bond motifs is 2. The maximum atomic E-state index is 13.0. The number of thioether (sulfide) groups is 1. The van der Waals surface area contributed by atoms with E-state index in [9.17, 15) is 18.0 Å². The molecule has 1 N–H and O–H groups in total. The number of aryl methyl sites for hydroxylation is 1. The SMILES string of the molecule is Cc1cc(C=C2C(=N)N3N=C(C(F)(F)F)SC3=NC2=O)c(C)n1-c1ccc2ccccc2c1. The maximum Gasteiger partial charge on any atom is 0.441 e. The first-order chi connectivity index (χ1) is 15.6. The van der Waals surface area contributed by atoms with Gasteiger partial charge in [0.2, 0.25) is 10.2 Å². The number of hydrogen-bond donors (Lipinski definition) is 1. The fourth-order valence-electron chi connectivity index (χ4n) is 3.91. The van der Waals surface area contributed by atoms with Gasteiger partial charge in [0.05, 0.1) is 5.57 Å². The average molecular weight is 467 g/mol. The van der Waals surface area contributed by atoms with E-state index < -0.39 is 23.0 Å². The Morgan fingerprint density at radius 3 is 2.52 bits per heavy atom. The lowest BCUT2D eigenvalue weighted by Crippen LogP contribution is -2.35. The van der Waals surface area contributed by atoms with Gasteiger partial charge >= 0.3 is 6.18 Å². The minimum absolute atomic E-state index is 0.120. The van der Waals surface area contributed by atoms with E-state index in [1.54, 1.807) is 0 Å². The van der Waals surface area contributed by atoms with Gasteiger partial charge in [-0.25, -0.2) is 0 Å². The largest absolute Gasteiger partial charge is 0.441 e. The molecule has 5 rings (SSSR count). The Kier molecular flexibility index (Phi) is 4.78. The lowest BCUT2D eigenvalue weighted by Gasteiger charge is -2.20. The predicted octanol–water partition coefficient (Wildman–Crippen LogP) is 5.43. The Morgan fingerprint density at radius 1 is 1.06 bits per heavy atom. The first-order valence-electron chi connectivity index (χ1n) is 9.89. The molecule has 0 radical (unpaired) electrons. The first-order valence-corrected chi connectivity index (χ1v) is 10.7. The maximum absolute atomic E-state index is 13.0. The van der Waals surface area contributed by atoms with Crippen molar-refractivity contribution < 1.29 is 18.0 Å². The summed E-state index contributed by atoms with van der Waals surface area (Å²) in [6.07, 6.45) is -3.20. The Hall–Kier alpha value is -3.66. The lowest BCUT2D eigenvalue weighted by atomic mass is 10.1. The van der Waals surface area contributed by atoms with Gasteiger partial charge in [-0.05, 0) is 66.2 Å². The van der Waals surface area contributed by atoms with E-state index in [0.717, 1.165) is 32.9 Å². The molecule has 33 heavy (non-hydrogen) atoms. The predicted molar refractivity (Wildman–Crippen MR) is 124 cm³/mol. The van der Waals surface area contributed by atoms with Crippen molar-refractivity contribution >= 4 is 50.6 Å². The summed E-state index contributed by atoms with van der Waals surface area (Å²) >= 11 is 0.233. The van der Waals surface area contributed by atoms with Crippen molar-refractivity contribution in [1.29, 1.82) is 5.41 Å².